The van der Waals surface area contributed by atoms with E-state index in [0.29, 0.717) is 12.2 Å². The van der Waals surface area contributed by atoms with Crippen molar-refractivity contribution in [1.29, 1.82) is 0 Å². The first-order chi connectivity index (χ1) is 12.1. The molecule has 0 aliphatic heterocycles. The van der Waals surface area contributed by atoms with Crippen LogP contribution in [0.5, 0.6) is 11.5 Å². The quantitative estimate of drug-likeness (QED) is 0.630. The number of anilines is 1. The normalized spacial score (nSPS) is 11.6. The van der Waals surface area contributed by atoms with Crippen molar-refractivity contribution in [3.8, 4) is 11.5 Å². The zero-order valence-corrected chi connectivity index (χ0v) is 15.2. The van der Waals surface area contributed by atoms with Crippen molar-refractivity contribution in [1.82, 2.24) is 0 Å². The first-order valence-electron chi connectivity index (χ1n) is 8.93. The number of unbranched alkanes of at least 4 members (excludes halogenated alkanes) is 1. The number of benzene rings is 2. The number of carbonyl (C=O) groups excluding carboxylic acids is 1. The van der Waals surface area contributed by atoms with Gasteiger partial charge < -0.3 is 14.8 Å². The molecule has 0 aromatic heterocycles. The van der Waals surface area contributed by atoms with Crippen molar-refractivity contribution in [2.75, 3.05) is 11.9 Å². The molecule has 0 heterocycles. The maximum Gasteiger partial charge on any atom is 0.255 e. The molecule has 0 fully saturated rings. The number of amides is 1. The first kappa shape index (κ1) is 18.8. The maximum absolute atomic E-state index is 12.3. The summed E-state index contributed by atoms with van der Waals surface area (Å²) < 4.78 is 11.3. The lowest BCUT2D eigenvalue weighted by Gasteiger charge is -2.13. The minimum absolute atomic E-state index is 0.143. The summed E-state index contributed by atoms with van der Waals surface area (Å²) in [5.74, 6) is 1.45. The highest BCUT2D eigenvalue weighted by Crippen LogP contribution is 2.19. The molecule has 1 unspecified atom stereocenters. The van der Waals surface area contributed by atoms with Gasteiger partial charge in [-0.15, -0.1) is 0 Å². The van der Waals surface area contributed by atoms with Crippen LogP contribution in [0.25, 0.3) is 0 Å². The summed E-state index contributed by atoms with van der Waals surface area (Å²) in [5, 5.41) is 2.89. The van der Waals surface area contributed by atoms with E-state index >= 15 is 0 Å². The van der Waals surface area contributed by atoms with Crippen LogP contribution in [0.15, 0.2) is 48.5 Å². The Hall–Kier alpha value is -2.49. The van der Waals surface area contributed by atoms with Crippen molar-refractivity contribution in [3.63, 3.8) is 0 Å². The monoisotopic (exact) mass is 341 g/mol. The number of nitrogens with one attached hydrogen (secondary N) is 1. The van der Waals surface area contributed by atoms with Crippen LogP contribution >= 0.6 is 0 Å². The average Bonchev–Trinajstić information content (AvgIpc) is 2.64. The Morgan fingerprint density at radius 1 is 1.00 bits per heavy atom. The van der Waals surface area contributed by atoms with E-state index in [1.54, 1.807) is 12.1 Å². The third kappa shape index (κ3) is 6.14. The van der Waals surface area contributed by atoms with Gasteiger partial charge in [0, 0.05) is 11.3 Å². The Morgan fingerprint density at radius 2 is 1.64 bits per heavy atom. The number of hydrogen-bond acceptors (Lipinski definition) is 3. The second-order valence-corrected chi connectivity index (χ2v) is 6.04. The highest BCUT2D eigenvalue weighted by molar-refractivity contribution is 6.04. The standard InChI is InChI=1S/C21H27NO3/c1-4-6-15-24-19-11-7-17(8-12-19)21(23)22-18-9-13-20(14-10-18)25-16(3)5-2/h7-14,16H,4-6,15H2,1-3H3,(H,22,23). The van der Waals surface area contributed by atoms with Crippen LogP contribution in [0, 0.1) is 0 Å². The van der Waals surface area contributed by atoms with Gasteiger partial charge in [0.25, 0.3) is 5.91 Å². The van der Waals surface area contributed by atoms with Crippen molar-refractivity contribution < 1.29 is 14.3 Å². The summed E-state index contributed by atoms with van der Waals surface area (Å²) in [6, 6.07) is 14.6. The van der Waals surface area contributed by atoms with E-state index in [4.69, 9.17) is 9.47 Å². The fourth-order valence-corrected chi connectivity index (χ4v) is 2.17. The van der Waals surface area contributed by atoms with Gasteiger partial charge in [0.15, 0.2) is 0 Å². The Morgan fingerprint density at radius 3 is 2.24 bits per heavy atom. The van der Waals surface area contributed by atoms with Crippen molar-refractivity contribution >= 4 is 11.6 Å². The lowest BCUT2D eigenvalue weighted by atomic mass is 10.2. The van der Waals surface area contributed by atoms with E-state index in [9.17, 15) is 4.79 Å². The molecule has 4 heteroatoms. The minimum Gasteiger partial charge on any atom is -0.494 e. The van der Waals surface area contributed by atoms with Crippen molar-refractivity contribution in [2.24, 2.45) is 0 Å². The molecule has 0 spiro atoms. The van der Waals surface area contributed by atoms with Crippen LogP contribution in [-0.4, -0.2) is 18.6 Å². The smallest absolute Gasteiger partial charge is 0.255 e. The molecule has 25 heavy (non-hydrogen) atoms. The molecule has 1 N–H and O–H groups in total. The molecule has 0 saturated heterocycles. The molecule has 1 atom stereocenters. The lowest BCUT2D eigenvalue weighted by molar-refractivity contribution is 0.102. The van der Waals surface area contributed by atoms with Crippen LogP contribution < -0.4 is 14.8 Å². The summed E-state index contributed by atoms with van der Waals surface area (Å²) in [4.78, 5) is 12.3. The third-order valence-corrected chi connectivity index (χ3v) is 3.91. The highest BCUT2D eigenvalue weighted by Gasteiger charge is 2.07. The van der Waals surface area contributed by atoms with Crippen LogP contribution in [0.4, 0.5) is 5.69 Å². The molecule has 2 rings (SSSR count). The molecule has 2 aromatic carbocycles. The van der Waals surface area contributed by atoms with E-state index in [-0.39, 0.29) is 12.0 Å². The fourth-order valence-electron chi connectivity index (χ4n) is 2.17. The summed E-state index contributed by atoms with van der Waals surface area (Å²) in [7, 11) is 0. The second-order valence-electron chi connectivity index (χ2n) is 6.04. The SMILES string of the molecule is CCCCOc1ccc(C(=O)Nc2ccc(OC(C)CC)cc2)cc1. The molecule has 0 bridgehead atoms. The summed E-state index contributed by atoms with van der Waals surface area (Å²) >= 11 is 0. The molecular weight excluding hydrogens is 314 g/mol. The summed E-state index contributed by atoms with van der Waals surface area (Å²) in [6.45, 7) is 6.94. The van der Waals surface area contributed by atoms with Gasteiger partial charge in [-0.1, -0.05) is 20.3 Å². The van der Waals surface area contributed by atoms with E-state index < -0.39 is 0 Å². The molecule has 4 nitrogen and oxygen atoms in total. The Kier molecular flexibility index (Phi) is 7.33. The van der Waals surface area contributed by atoms with Gasteiger partial charge >= 0.3 is 0 Å². The van der Waals surface area contributed by atoms with Crippen LogP contribution in [0.2, 0.25) is 0 Å². The topological polar surface area (TPSA) is 47.6 Å². The van der Waals surface area contributed by atoms with Crippen LogP contribution in [0.1, 0.15) is 50.4 Å². The van der Waals surface area contributed by atoms with E-state index in [1.807, 2.05) is 43.3 Å². The van der Waals surface area contributed by atoms with Crippen molar-refractivity contribution in [2.45, 2.75) is 46.1 Å². The lowest BCUT2D eigenvalue weighted by Crippen LogP contribution is -2.12. The first-order valence-corrected chi connectivity index (χ1v) is 8.93. The zero-order valence-electron chi connectivity index (χ0n) is 15.2. The van der Waals surface area contributed by atoms with E-state index in [1.165, 1.54) is 0 Å². The number of rotatable bonds is 9. The van der Waals surface area contributed by atoms with E-state index in [2.05, 4.69) is 19.2 Å². The third-order valence-electron chi connectivity index (χ3n) is 3.91. The molecular formula is C21H27NO3. The number of hydrogen-bond donors (Lipinski definition) is 1. The fraction of sp³-hybridized carbons (Fsp3) is 0.381. The molecule has 134 valence electrons. The van der Waals surface area contributed by atoms with Crippen LogP contribution in [0.3, 0.4) is 0 Å². The predicted octanol–water partition coefficient (Wildman–Crippen LogP) is 5.30. The van der Waals surface area contributed by atoms with Gasteiger partial charge in [-0.3, -0.25) is 4.79 Å². The predicted molar refractivity (Wildman–Crippen MR) is 102 cm³/mol. The van der Waals surface area contributed by atoms with Gasteiger partial charge in [0.2, 0.25) is 0 Å². The van der Waals surface area contributed by atoms with Crippen molar-refractivity contribution in [3.05, 3.63) is 54.1 Å². The Bertz CT molecular complexity index is 650. The van der Waals surface area contributed by atoms with Crippen LogP contribution in [-0.2, 0) is 0 Å². The number of ether oxygens (including phenoxy) is 2. The molecule has 0 saturated carbocycles. The largest absolute Gasteiger partial charge is 0.494 e. The maximum atomic E-state index is 12.3. The summed E-state index contributed by atoms with van der Waals surface area (Å²) in [5.41, 5.74) is 1.34. The van der Waals surface area contributed by atoms with Gasteiger partial charge in [-0.2, -0.15) is 0 Å². The molecule has 0 aliphatic carbocycles. The molecule has 2 aromatic rings. The summed E-state index contributed by atoms with van der Waals surface area (Å²) in [6.07, 6.45) is 3.26. The van der Waals surface area contributed by atoms with Gasteiger partial charge in [0.1, 0.15) is 11.5 Å². The molecule has 0 aliphatic rings. The zero-order chi connectivity index (χ0) is 18.1. The van der Waals surface area contributed by atoms with Gasteiger partial charge in [-0.25, -0.2) is 0 Å². The second kappa shape index (κ2) is 9.72. The van der Waals surface area contributed by atoms with E-state index in [0.717, 1.165) is 36.4 Å². The van der Waals surface area contributed by atoms with Gasteiger partial charge in [-0.05, 0) is 68.3 Å². The highest BCUT2D eigenvalue weighted by atomic mass is 16.5. The minimum atomic E-state index is -0.143. The Labute approximate surface area is 150 Å². The van der Waals surface area contributed by atoms with Gasteiger partial charge in [0.05, 0.1) is 12.7 Å². The molecule has 1 amide bonds. The molecule has 0 radical (unpaired) electrons. The average molecular weight is 341 g/mol. The number of carbonyl (C=O) groups is 1. The Balaban J connectivity index is 1.90.